The quantitative estimate of drug-likeness (QED) is 0.464. The molecule has 22 aliphatic carbocycles. The van der Waals surface area contributed by atoms with Crippen molar-refractivity contribution in [1.82, 2.24) is 0 Å². The zero-order valence-corrected chi connectivity index (χ0v) is 21.5. The summed E-state index contributed by atoms with van der Waals surface area (Å²) in [6.07, 6.45) is 13.3. The van der Waals surface area contributed by atoms with Crippen molar-refractivity contribution in [2.45, 2.75) is 19.3 Å². The van der Waals surface area contributed by atoms with Crippen LogP contribution in [0.25, 0.3) is 0 Å². The van der Waals surface area contributed by atoms with Crippen LogP contribution >= 0.6 is 0 Å². The smallest absolute Gasteiger partial charge is 0.0117 e. The highest BCUT2D eigenvalue weighted by atomic mass is 15.4. The van der Waals surface area contributed by atoms with Gasteiger partial charge in [0.1, 0.15) is 0 Å². The van der Waals surface area contributed by atoms with Gasteiger partial charge in [0.25, 0.3) is 0 Å². The lowest BCUT2D eigenvalue weighted by atomic mass is 8.66. The molecule has 10 spiro atoms. The third kappa shape index (κ3) is 0.461. The minimum Gasteiger partial charge on any atom is -0.0804 e. The third-order valence-corrected chi connectivity index (χ3v) is 27.4. The molecule has 22 rings (SSSR count). The summed E-state index contributed by atoms with van der Waals surface area (Å²) in [4.78, 5) is 0. The van der Waals surface area contributed by atoms with Crippen LogP contribution in [-0.4, -0.2) is 0 Å². The number of rotatable bonds is 0. The van der Waals surface area contributed by atoms with Crippen LogP contribution in [0.4, 0.5) is 0 Å². The predicted molar refractivity (Wildman–Crippen MR) is 129 cm³/mol. The normalized spacial score (nSPS) is 114. The van der Waals surface area contributed by atoms with E-state index >= 15 is 0 Å². The van der Waals surface area contributed by atoms with E-state index in [1.807, 2.05) is 5.57 Å². The van der Waals surface area contributed by atoms with E-state index in [1.165, 1.54) is 119 Å². The number of allylic oxidation sites excluding steroid dienone is 4. The molecular weight excluding hydrogens is 456 g/mol. The van der Waals surface area contributed by atoms with Crippen LogP contribution in [0.1, 0.15) is 19.3 Å². The Morgan fingerprint density at radius 1 is 0.474 bits per heavy atom. The molecule has 0 bridgehead atoms. The van der Waals surface area contributed by atoms with Gasteiger partial charge in [0.05, 0.1) is 0 Å². The molecule has 0 saturated heterocycles. The molecule has 22 aliphatic rings. The summed E-state index contributed by atoms with van der Waals surface area (Å²) in [5.41, 5.74) is 12.1. The van der Waals surface area contributed by atoms with Gasteiger partial charge in [-0.3, -0.25) is 0 Å². The van der Waals surface area contributed by atoms with Crippen LogP contribution < -0.4 is 0 Å². The van der Waals surface area contributed by atoms with E-state index in [4.69, 9.17) is 0 Å². The highest BCUT2D eigenvalue weighted by Gasteiger charge is 3.36. The fraction of sp³-hybridized carbons (Fsp3) is 0.895. The predicted octanol–water partition coefficient (Wildman–Crippen LogP) is 4.74. The zero-order valence-electron chi connectivity index (χ0n) is 21.5. The van der Waals surface area contributed by atoms with Crippen molar-refractivity contribution in [2.75, 3.05) is 0 Å². The van der Waals surface area contributed by atoms with E-state index in [2.05, 4.69) is 18.2 Å². The van der Waals surface area contributed by atoms with Crippen LogP contribution in [0.15, 0.2) is 23.8 Å². The second kappa shape index (κ2) is 2.66. The summed E-state index contributed by atoms with van der Waals surface area (Å²) in [6.45, 7) is 0. The maximum absolute atomic E-state index is 2.82. The SMILES string of the molecule is C1=CC2C3C4C5C6C7C8C9C%10C%11CC%12CC%13C%14C%15C%16C%17C%18C%19C%20C%21C%22CC=C1C2%22C3%21C4%20C5%19C6%18C7%17C8%16C9%15C%10%14C%12%11%13. The Balaban J connectivity index is 0.835. The van der Waals surface area contributed by atoms with Gasteiger partial charge in [-0.25, -0.2) is 0 Å². The van der Waals surface area contributed by atoms with Crippen LogP contribution in [0.5, 0.6) is 0 Å². The Kier molecular flexibility index (Phi) is 1.02. The highest BCUT2D eigenvalue weighted by molar-refractivity contribution is 5.82. The maximum atomic E-state index is 2.82. The van der Waals surface area contributed by atoms with Gasteiger partial charge in [-0.05, 0) is 198 Å². The van der Waals surface area contributed by atoms with Gasteiger partial charge >= 0.3 is 0 Å². The Morgan fingerprint density at radius 2 is 0.947 bits per heavy atom. The standard InChI is InChI=1S/C38H30/c1-3-9-13-17-21-25-27-23-19-15-11-5-8-6-12-16-20-24-28-26-22-18-14-10-4-2-7(1)29(9,10)31(13,14)33(17,18)35(21,22)37(25,26)38(27,28)36(23,24)34(19,20)32(15,16)30(8,11)12/h1-3,8-28H,4-6H2. The molecule has 31 atom stereocenters. The molecule has 38 heavy (non-hydrogen) atoms. The van der Waals surface area contributed by atoms with Crippen molar-refractivity contribution in [2.24, 2.45) is 178 Å². The van der Waals surface area contributed by atoms with Crippen LogP contribution in [0.2, 0.25) is 0 Å². The number of hydrogen-bond donors (Lipinski definition) is 0. The first kappa shape index (κ1) is 14.6. The summed E-state index contributed by atoms with van der Waals surface area (Å²) in [5.74, 6) is 27.3. The van der Waals surface area contributed by atoms with Crippen molar-refractivity contribution < 1.29 is 0 Å². The molecule has 0 aromatic carbocycles. The van der Waals surface area contributed by atoms with E-state index in [9.17, 15) is 0 Å². The van der Waals surface area contributed by atoms with Crippen molar-refractivity contribution >= 4 is 0 Å². The van der Waals surface area contributed by atoms with Gasteiger partial charge in [-0.15, -0.1) is 0 Å². The molecule has 0 aromatic rings. The summed E-state index contributed by atoms with van der Waals surface area (Å²) in [6, 6.07) is 0. The minimum absolute atomic E-state index is 0.771. The first-order chi connectivity index (χ1) is 18.9. The molecule has 20 fully saturated rings. The average molecular weight is 487 g/mol. The largest absolute Gasteiger partial charge is 0.0804 e. The molecule has 31 unspecified atom stereocenters. The lowest BCUT2D eigenvalue weighted by Gasteiger charge is -3.37. The van der Waals surface area contributed by atoms with Crippen LogP contribution in [0.3, 0.4) is 0 Å². The minimum atomic E-state index is 0.771. The molecule has 0 heteroatoms. The topological polar surface area (TPSA) is 0 Å². The highest BCUT2D eigenvalue weighted by Crippen LogP contribution is 3.38. The molecule has 0 nitrogen and oxygen atoms in total. The first-order valence-corrected chi connectivity index (χ1v) is 18.3. The molecule has 0 radical (unpaired) electrons. The molecule has 0 aliphatic heterocycles. The summed E-state index contributed by atoms with van der Waals surface area (Å²) in [7, 11) is 0. The Bertz CT molecular complexity index is 1970. The molecule has 20 saturated carbocycles. The molecule has 0 N–H and O–H groups in total. The second-order valence-corrected chi connectivity index (χ2v) is 21.9. The van der Waals surface area contributed by atoms with Crippen molar-refractivity contribution in [3.63, 3.8) is 0 Å². The third-order valence-electron chi connectivity index (χ3n) is 27.4. The first-order valence-electron chi connectivity index (χ1n) is 18.3. The fourth-order valence-corrected chi connectivity index (χ4v) is 31.8. The van der Waals surface area contributed by atoms with E-state index in [-0.39, 0.29) is 0 Å². The lowest BCUT2D eigenvalue weighted by Crippen LogP contribution is -3.35. The molecular formula is C38H30. The van der Waals surface area contributed by atoms with Gasteiger partial charge in [0.2, 0.25) is 0 Å². The molecule has 0 aromatic heterocycles. The number of hydrogen-bond acceptors (Lipinski definition) is 0. The Morgan fingerprint density at radius 3 is 1.53 bits per heavy atom. The van der Waals surface area contributed by atoms with Crippen LogP contribution in [0, 0.1) is 178 Å². The van der Waals surface area contributed by atoms with E-state index in [0.717, 1.165) is 66.0 Å². The molecule has 0 heterocycles. The lowest BCUT2D eigenvalue weighted by molar-refractivity contribution is -0.914. The van der Waals surface area contributed by atoms with Gasteiger partial charge in [-0.1, -0.05) is 18.2 Å². The average Bonchev–Trinajstić information content (AvgIpc) is 3.32. The summed E-state index contributed by atoms with van der Waals surface area (Å²) >= 11 is 0. The van der Waals surface area contributed by atoms with E-state index in [1.54, 1.807) is 12.8 Å². The molecule has 0 amide bonds. The van der Waals surface area contributed by atoms with Crippen molar-refractivity contribution in [3.8, 4) is 0 Å². The fourth-order valence-electron chi connectivity index (χ4n) is 31.8. The van der Waals surface area contributed by atoms with Gasteiger partial charge < -0.3 is 0 Å². The molecule has 182 valence electrons. The Labute approximate surface area is 221 Å². The van der Waals surface area contributed by atoms with Crippen molar-refractivity contribution in [3.05, 3.63) is 23.8 Å². The van der Waals surface area contributed by atoms with Gasteiger partial charge in [0, 0.05) is 5.41 Å². The summed E-state index contributed by atoms with van der Waals surface area (Å²) in [5, 5.41) is 0. The van der Waals surface area contributed by atoms with Gasteiger partial charge in [-0.2, -0.15) is 0 Å². The monoisotopic (exact) mass is 486 g/mol. The van der Waals surface area contributed by atoms with Gasteiger partial charge in [0.15, 0.2) is 0 Å². The Hall–Kier alpha value is -0.520. The maximum Gasteiger partial charge on any atom is 0.0117 e. The zero-order chi connectivity index (χ0) is 21.9. The second-order valence-electron chi connectivity index (χ2n) is 21.9. The van der Waals surface area contributed by atoms with E-state index < -0.39 is 0 Å². The van der Waals surface area contributed by atoms with E-state index in [0.29, 0.717) is 0 Å². The van der Waals surface area contributed by atoms with Crippen LogP contribution in [-0.2, 0) is 0 Å². The van der Waals surface area contributed by atoms with Crippen molar-refractivity contribution in [1.29, 1.82) is 0 Å². The number of fused-ring (bicyclic) bond motifs is 18. The summed E-state index contributed by atoms with van der Waals surface area (Å²) < 4.78 is 0.